The van der Waals surface area contributed by atoms with Gasteiger partial charge < -0.3 is 24.6 Å². The molecule has 0 bridgehead atoms. The fraction of sp³-hybridized carbons (Fsp3) is 0.500. The Morgan fingerprint density at radius 1 is 1.35 bits per heavy atom. The molecular weight excluding hydrogens is 302 g/mol. The second kappa shape index (κ2) is 7.32. The van der Waals surface area contributed by atoms with Gasteiger partial charge in [0.1, 0.15) is 11.5 Å². The average molecular weight is 323 g/mol. The molecule has 2 N–H and O–H groups in total. The van der Waals surface area contributed by atoms with Crippen molar-refractivity contribution in [2.75, 3.05) is 27.4 Å². The van der Waals surface area contributed by atoms with Crippen molar-refractivity contribution in [3.63, 3.8) is 0 Å². The Hall–Kier alpha value is -2.28. The Balaban J connectivity index is 2.00. The van der Waals surface area contributed by atoms with Gasteiger partial charge in [-0.3, -0.25) is 4.79 Å². The maximum atomic E-state index is 12.1. The fourth-order valence-corrected chi connectivity index (χ4v) is 2.54. The molecule has 0 aliphatic carbocycles. The maximum Gasteiger partial charge on any atom is 0.331 e. The van der Waals surface area contributed by atoms with Gasteiger partial charge in [0, 0.05) is 19.4 Å². The summed E-state index contributed by atoms with van der Waals surface area (Å²) >= 11 is 0. The van der Waals surface area contributed by atoms with Crippen LogP contribution in [0.1, 0.15) is 18.4 Å². The lowest BCUT2D eigenvalue weighted by atomic mass is 9.98. The molecule has 0 saturated carbocycles. The van der Waals surface area contributed by atoms with E-state index in [-0.39, 0.29) is 25.4 Å². The van der Waals surface area contributed by atoms with Gasteiger partial charge >= 0.3 is 5.97 Å². The standard InChI is InChI=1S/C16H21NO6/c1-21-12-4-5-13(22-2)11(9-12)3-6-14(18)17-16(15(19)20)7-8-23-10-16/h4-5,9H,3,6-8,10H2,1-2H3,(H,17,18)(H,19,20). The number of aliphatic carboxylic acids is 1. The van der Waals surface area contributed by atoms with Gasteiger partial charge in [-0.2, -0.15) is 0 Å². The van der Waals surface area contributed by atoms with Crippen molar-refractivity contribution in [3.8, 4) is 11.5 Å². The first-order valence-corrected chi connectivity index (χ1v) is 7.34. The molecule has 1 heterocycles. The van der Waals surface area contributed by atoms with Crippen molar-refractivity contribution >= 4 is 11.9 Å². The topological polar surface area (TPSA) is 94.1 Å². The molecule has 1 aliphatic rings. The van der Waals surface area contributed by atoms with E-state index in [1.807, 2.05) is 0 Å². The van der Waals surface area contributed by atoms with Crippen LogP contribution in [0.4, 0.5) is 0 Å². The number of carbonyl (C=O) groups excluding carboxylic acids is 1. The minimum atomic E-state index is -1.31. The zero-order valence-corrected chi connectivity index (χ0v) is 13.3. The summed E-state index contributed by atoms with van der Waals surface area (Å²) in [5.41, 5.74) is -0.482. The van der Waals surface area contributed by atoms with Gasteiger partial charge in [-0.15, -0.1) is 0 Å². The van der Waals surface area contributed by atoms with E-state index in [4.69, 9.17) is 14.2 Å². The van der Waals surface area contributed by atoms with Crippen molar-refractivity contribution in [3.05, 3.63) is 23.8 Å². The number of aryl methyl sites for hydroxylation is 1. The van der Waals surface area contributed by atoms with Crippen LogP contribution in [0.25, 0.3) is 0 Å². The van der Waals surface area contributed by atoms with E-state index in [1.165, 1.54) is 0 Å². The second-order valence-electron chi connectivity index (χ2n) is 5.42. The first kappa shape index (κ1) is 17.1. The lowest BCUT2D eigenvalue weighted by Gasteiger charge is -2.23. The number of methoxy groups -OCH3 is 2. The molecule has 23 heavy (non-hydrogen) atoms. The highest BCUT2D eigenvalue weighted by molar-refractivity contribution is 5.87. The first-order valence-electron chi connectivity index (χ1n) is 7.34. The zero-order chi connectivity index (χ0) is 16.9. The molecule has 1 saturated heterocycles. The summed E-state index contributed by atoms with van der Waals surface area (Å²) in [4.78, 5) is 23.5. The quantitative estimate of drug-likeness (QED) is 0.777. The number of carboxylic acid groups (broad SMARTS) is 1. The molecule has 0 radical (unpaired) electrons. The maximum absolute atomic E-state index is 12.1. The van der Waals surface area contributed by atoms with Crippen LogP contribution in [-0.2, 0) is 20.7 Å². The highest BCUT2D eigenvalue weighted by atomic mass is 16.5. The molecule has 7 nitrogen and oxygen atoms in total. The summed E-state index contributed by atoms with van der Waals surface area (Å²) in [6, 6.07) is 5.35. The summed E-state index contributed by atoms with van der Waals surface area (Å²) in [5, 5.41) is 11.9. The Labute approximate surface area is 134 Å². The van der Waals surface area contributed by atoms with Crippen molar-refractivity contribution in [1.82, 2.24) is 5.32 Å². The molecule has 2 rings (SSSR count). The third kappa shape index (κ3) is 3.92. The van der Waals surface area contributed by atoms with E-state index in [0.29, 0.717) is 24.5 Å². The van der Waals surface area contributed by atoms with Crippen LogP contribution in [0.3, 0.4) is 0 Å². The van der Waals surface area contributed by atoms with Gasteiger partial charge in [-0.25, -0.2) is 4.79 Å². The molecule has 7 heteroatoms. The smallest absolute Gasteiger partial charge is 0.331 e. The second-order valence-corrected chi connectivity index (χ2v) is 5.42. The van der Waals surface area contributed by atoms with Gasteiger partial charge in [0.05, 0.1) is 20.8 Å². The van der Waals surface area contributed by atoms with Crippen LogP contribution in [0, 0.1) is 0 Å². The van der Waals surface area contributed by atoms with Crippen LogP contribution in [0.2, 0.25) is 0 Å². The molecule has 1 fully saturated rings. The molecule has 1 atom stereocenters. The van der Waals surface area contributed by atoms with Crippen LogP contribution in [-0.4, -0.2) is 50.0 Å². The Morgan fingerprint density at radius 2 is 2.13 bits per heavy atom. The SMILES string of the molecule is COc1ccc(OC)c(CCC(=O)NC2(C(=O)O)CCOC2)c1. The molecule has 1 aliphatic heterocycles. The number of carbonyl (C=O) groups is 2. The van der Waals surface area contributed by atoms with Gasteiger partial charge in [0.25, 0.3) is 0 Å². The fourth-order valence-electron chi connectivity index (χ4n) is 2.54. The molecule has 1 unspecified atom stereocenters. The van der Waals surface area contributed by atoms with Crippen LogP contribution in [0.5, 0.6) is 11.5 Å². The molecule has 1 aromatic carbocycles. The van der Waals surface area contributed by atoms with E-state index >= 15 is 0 Å². The Kier molecular flexibility index (Phi) is 5.44. The largest absolute Gasteiger partial charge is 0.497 e. The number of hydrogen-bond acceptors (Lipinski definition) is 5. The number of hydrogen-bond donors (Lipinski definition) is 2. The van der Waals surface area contributed by atoms with Crippen LogP contribution in [0.15, 0.2) is 18.2 Å². The number of rotatable bonds is 7. The number of ether oxygens (including phenoxy) is 3. The first-order chi connectivity index (χ1) is 11.0. The van der Waals surface area contributed by atoms with Crippen molar-refractivity contribution < 1.29 is 28.9 Å². The predicted octanol–water partition coefficient (Wildman–Crippen LogP) is 0.996. The number of benzene rings is 1. The van der Waals surface area contributed by atoms with Gasteiger partial charge in [0.2, 0.25) is 5.91 Å². The van der Waals surface area contributed by atoms with Gasteiger partial charge in [-0.05, 0) is 30.2 Å². The lowest BCUT2D eigenvalue weighted by Crippen LogP contribution is -2.55. The third-order valence-corrected chi connectivity index (χ3v) is 3.92. The minimum absolute atomic E-state index is 0.00342. The van der Waals surface area contributed by atoms with E-state index < -0.39 is 11.5 Å². The van der Waals surface area contributed by atoms with Gasteiger partial charge in [0.15, 0.2) is 5.54 Å². The van der Waals surface area contributed by atoms with E-state index in [2.05, 4.69) is 5.32 Å². The van der Waals surface area contributed by atoms with E-state index in [9.17, 15) is 14.7 Å². The summed E-state index contributed by atoms with van der Waals surface area (Å²) in [6.07, 6.45) is 0.845. The highest BCUT2D eigenvalue weighted by Gasteiger charge is 2.43. The zero-order valence-electron chi connectivity index (χ0n) is 13.3. The van der Waals surface area contributed by atoms with E-state index in [1.54, 1.807) is 32.4 Å². The molecule has 1 aromatic rings. The number of nitrogens with one attached hydrogen (secondary N) is 1. The molecular formula is C16H21NO6. The Bertz CT molecular complexity index is 580. The number of amides is 1. The van der Waals surface area contributed by atoms with Crippen LogP contribution >= 0.6 is 0 Å². The Morgan fingerprint density at radius 3 is 2.70 bits per heavy atom. The monoisotopic (exact) mass is 323 g/mol. The molecule has 0 spiro atoms. The van der Waals surface area contributed by atoms with Crippen molar-refractivity contribution in [1.29, 1.82) is 0 Å². The van der Waals surface area contributed by atoms with Crippen molar-refractivity contribution in [2.45, 2.75) is 24.8 Å². The molecule has 126 valence electrons. The number of carboxylic acids is 1. The normalized spacial score (nSPS) is 20.1. The summed E-state index contributed by atoms with van der Waals surface area (Å²) in [7, 11) is 3.12. The lowest BCUT2D eigenvalue weighted by molar-refractivity contribution is -0.147. The predicted molar refractivity (Wildman–Crippen MR) is 81.8 cm³/mol. The minimum Gasteiger partial charge on any atom is -0.497 e. The summed E-state index contributed by atoms with van der Waals surface area (Å²) < 4.78 is 15.6. The summed E-state index contributed by atoms with van der Waals surface area (Å²) in [6.45, 7) is 0.326. The van der Waals surface area contributed by atoms with Crippen molar-refractivity contribution in [2.24, 2.45) is 0 Å². The van der Waals surface area contributed by atoms with E-state index in [0.717, 1.165) is 5.56 Å². The highest BCUT2D eigenvalue weighted by Crippen LogP contribution is 2.25. The third-order valence-electron chi connectivity index (χ3n) is 3.92. The average Bonchev–Trinajstić information content (AvgIpc) is 3.02. The summed E-state index contributed by atoms with van der Waals surface area (Å²) in [5.74, 6) is -0.0618. The van der Waals surface area contributed by atoms with Crippen LogP contribution < -0.4 is 14.8 Å². The van der Waals surface area contributed by atoms with Gasteiger partial charge in [-0.1, -0.05) is 0 Å². The molecule has 0 aromatic heterocycles. The molecule has 1 amide bonds.